The fourth-order valence-corrected chi connectivity index (χ4v) is 3.67. The lowest BCUT2D eigenvalue weighted by Crippen LogP contribution is -2.11. The zero-order valence-electron chi connectivity index (χ0n) is 13.0. The molecule has 0 radical (unpaired) electrons. The molecule has 0 aliphatic rings. The zero-order chi connectivity index (χ0) is 16.0. The Morgan fingerprint density at radius 1 is 1.05 bits per heavy atom. The first-order chi connectivity index (χ1) is 9.74. The summed E-state index contributed by atoms with van der Waals surface area (Å²) in [6.45, 7) is 8.39. The molecule has 0 aliphatic heterocycles. The molecule has 0 heterocycles. The van der Waals surface area contributed by atoms with Gasteiger partial charge in [0.25, 0.3) is 0 Å². The van der Waals surface area contributed by atoms with Gasteiger partial charge in [-0.05, 0) is 29.5 Å². The van der Waals surface area contributed by atoms with E-state index in [9.17, 15) is 9.67 Å². The van der Waals surface area contributed by atoms with Crippen molar-refractivity contribution >= 4 is 23.5 Å². The molecule has 1 aromatic rings. The third-order valence-electron chi connectivity index (χ3n) is 2.64. The maximum absolute atomic E-state index is 12.9. The van der Waals surface area contributed by atoms with E-state index < -0.39 is 13.4 Å². The fourth-order valence-electron chi connectivity index (χ4n) is 1.50. The van der Waals surface area contributed by atoms with Crippen LogP contribution in [-0.4, -0.2) is 18.3 Å². The van der Waals surface area contributed by atoms with E-state index in [1.165, 1.54) is 0 Å². The van der Waals surface area contributed by atoms with Crippen LogP contribution in [-0.2, 0) is 13.6 Å². The number of aliphatic hydroxyl groups excluding tert-OH is 1. The van der Waals surface area contributed by atoms with Gasteiger partial charge in [0.1, 0.15) is 0 Å². The quantitative estimate of drug-likeness (QED) is 0.648. The van der Waals surface area contributed by atoms with E-state index >= 15 is 0 Å². The molecule has 4 nitrogen and oxygen atoms in total. The largest absolute Gasteiger partial charge is 0.376 e. The minimum atomic E-state index is -3.61. The van der Waals surface area contributed by atoms with E-state index in [-0.39, 0.29) is 25.0 Å². The molecule has 1 rings (SSSR count). The lowest BCUT2D eigenvalue weighted by molar-refractivity contribution is 0.124. The van der Waals surface area contributed by atoms with Crippen LogP contribution in [0.15, 0.2) is 28.7 Å². The van der Waals surface area contributed by atoms with Crippen molar-refractivity contribution in [2.75, 3.05) is 13.2 Å². The predicted octanol–water partition coefficient (Wildman–Crippen LogP) is 4.98. The standard InChI is InChI=1S/C15H24BrO4P/c1-11(2)9-19-21(18,20-10-12(3)4)15(17)13-5-7-14(16)8-6-13/h5-8,11-12,15,17H,9-10H2,1-4H3/t15-/m1/s1. The van der Waals surface area contributed by atoms with Gasteiger partial charge in [-0.3, -0.25) is 4.57 Å². The van der Waals surface area contributed by atoms with Crippen LogP contribution in [0.5, 0.6) is 0 Å². The third-order valence-corrected chi connectivity index (χ3v) is 5.09. The minimum absolute atomic E-state index is 0.207. The summed E-state index contributed by atoms with van der Waals surface area (Å²) in [5.74, 6) is -0.862. The Balaban J connectivity index is 2.92. The molecule has 0 unspecified atom stereocenters. The maximum Gasteiger partial charge on any atom is 0.363 e. The fraction of sp³-hybridized carbons (Fsp3) is 0.600. The number of hydrogen-bond donors (Lipinski definition) is 1. The van der Waals surface area contributed by atoms with Crippen molar-refractivity contribution in [2.24, 2.45) is 11.8 Å². The van der Waals surface area contributed by atoms with Crippen LogP contribution >= 0.6 is 23.5 Å². The van der Waals surface area contributed by atoms with E-state index in [1.54, 1.807) is 24.3 Å². The molecular weight excluding hydrogens is 355 g/mol. The first-order valence-electron chi connectivity index (χ1n) is 7.07. The highest BCUT2D eigenvalue weighted by Gasteiger charge is 2.36. The van der Waals surface area contributed by atoms with E-state index in [0.717, 1.165) is 4.47 Å². The molecule has 21 heavy (non-hydrogen) atoms. The Bertz CT molecular complexity index is 457. The minimum Gasteiger partial charge on any atom is -0.376 e. The SMILES string of the molecule is CC(C)COP(=O)(OCC(C)C)[C@@H](O)c1ccc(Br)cc1. The van der Waals surface area contributed by atoms with E-state index in [2.05, 4.69) is 15.9 Å². The molecule has 6 heteroatoms. The second kappa shape index (κ2) is 8.44. The first kappa shape index (κ1) is 18.9. The molecule has 0 bridgehead atoms. The number of benzene rings is 1. The smallest absolute Gasteiger partial charge is 0.363 e. The molecule has 120 valence electrons. The van der Waals surface area contributed by atoms with Gasteiger partial charge in [-0.2, -0.15) is 0 Å². The van der Waals surface area contributed by atoms with Gasteiger partial charge in [0.15, 0.2) is 5.85 Å². The first-order valence-corrected chi connectivity index (χ1v) is 9.47. The van der Waals surface area contributed by atoms with Gasteiger partial charge >= 0.3 is 7.60 Å². The summed E-state index contributed by atoms with van der Waals surface area (Å²) in [4.78, 5) is 0. The lowest BCUT2D eigenvalue weighted by atomic mass is 10.2. The zero-order valence-corrected chi connectivity index (χ0v) is 15.4. The Morgan fingerprint density at radius 2 is 1.48 bits per heavy atom. The predicted molar refractivity (Wildman–Crippen MR) is 88.3 cm³/mol. The van der Waals surface area contributed by atoms with Crippen molar-refractivity contribution in [1.29, 1.82) is 0 Å². The molecule has 0 amide bonds. The summed E-state index contributed by atoms with van der Waals surface area (Å²) in [6.07, 6.45) is 0. The third kappa shape index (κ3) is 6.21. The Kier molecular flexibility index (Phi) is 7.58. The van der Waals surface area contributed by atoms with Gasteiger partial charge < -0.3 is 14.2 Å². The number of rotatable bonds is 8. The maximum atomic E-state index is 12.9. The normalized spacial score (nSPS) is 13.9. The van der Waals surface area contributed by atoms with Gasteiger partial charge in [0.05, 0.1) is 13.2 Å². The molecular formula is C15H24BrO4P. The Morgan fingerprint density at radius 3 is 1.86 bits per heavy atom. The summed E-state index contributed by atoms with van der Waals surface area (Å²) < 4.78 is 24.7. The molecule has 0 saturated carbocycles. The number of hydrogen-bond acceptors (Lipinski definition) is 4. The van der Waals surface area contributed by atoms with Crippen molar-refractivity contribution in [3.63, 3.8) is 0 Å². The molecule has 0 aromatic heterocycles. The van der Waals surface area contributed by atoms with Crippen LogP contribution in [0.1, 0.15) is 39.1 Å². The highest BCUT2D eigenvalue weighted by atomic mass is 79.9. The molecule has 1 aromatic carbocycles. The van der Waals surface area contributed by atoms with Crippen LogP contribution in [0.25, 0.3) is 0 Å². The molecule has 0 fully saturated rings. The van der Waals surface area contributed by atoms with Crippen molar-refractivity contribution in [3.05, 3.63) is 34.3 Å². The summed E-state index contributed by atoms with van der Waals surface area (Å²) in [7, 11) is -3.61. The number of aliphatic hydroxyl groups is 1. The summed E-state index contributed by atoms with van der Waals surface area (Å²) in [6, 6.07) is 6.99. The van der Waals surface area contributed by atoms with Crippen LogP contribution in [0.3, 0.4) is 0 Å². The van der Waals surface area contributed by atoms with E-state index in [4.69, 9.17) is 9.05 Å². The molecule has 0 saturated heterocycles. The molecule has 1 atom stereocenters. The van der Waals surface area contributed by atoms with Crippen LogP contribution in [0.4, 0.5) is 0 Å². The van der Waals surface area contributed by atoms with E-state index in [1.807, 2.05) is 27.7 Å². The average molecular weight is 379 g/mol. The van der Waals surface area contributed by atoms with Crippen molar-refractivity contribution in [2.45, 2.75) is 33.5 Å². The number of halogens is 1. The Labute approximate surface area is 135 Å². The van der Waals surface area contributed by atoms with E-state index in [0.29, 0.717) is 5.56 Å². The molecule has 0 aliphatic carbocycles. The van der Waals surface area contributed by atoms with Gasteiger partial charge in [-0.15, -0.1) is 0 Å². The molecule has 0 spiro atoms. The van der Waals surface area contributed by atoms with Crippen molar-refractivity contribution in [3.8, 4) is 0 Å². The summed E-state index contributed by atoms with van der Waals surface area (Å²) in [5, 5.41) is 10.4. The van der Waals surface area contributed by atoms with Gasteiger partial charge in [-0.25, -0.2) is 0 Å². The average Bonchev–Trinajstić information content (AvgIpc) is 2.43. The second-order valence-corrected chi connectivity index (χ2v) is 8.85. The van der Waals surface area contributed by atoms with Crippen LogP contribution < -0.4 is 0 Å². The van der Waals surface area contributed by atoms with Gasteiger partial charge in [0, 0.05) is 4.47 Å². The van der Waals surface area contributed by atoms with Crippen molar-refractivity contribution < 1.29 is 18.7 Å². The summed E-state index contributed by atoms with van der Waals surface area (Å²) >= 11 is 3.33. The lowest BCUT2D eigenvalue weighted by Gasteiger charge is -2.25. The summed E-state index contributed by atoms with van der Waals surface area (Å²) in [5.41, 5.74) is 0.522. The highest BCUT2D eigenvalue weighted by Crippen LogP contribution is 2.60. The van der Waals surface area contributed by atoms with Crippen LogP contribution in [0.2, 0.25) is 0 Å². The van der Waals surface area contributed by atoms with Crippen LogP contribution in [0, 0.1) is 11.8 Å². The second-order valence-electron chi connectivity index (χ2n) is 5.84. The Hall–Kier alpha value is -0.190. The highest BCUT2D eigenvalue weighted by molar-refractivity contribution is 9.10. The van der Waals surface area contributed by atoms with Crippen molar-refractivity contribution in [1.82, 2.24) is 0 Å². The van der Waals surface area contributed by atoms with Gasteiger partial charge in [0.2, 0.25) is 0 Å². The monoisotopic (exact) mass is 378 g/mol. The molecule has 1 N–H and O–H groups in total. The topological polar surface area (TPSA) is 55.8 Å². The van der Waals surface area contributed by atoms with Gasteiger partial charge in [-0.1, -0.05) is 55.8 Å².